The van der Waals surface area contributed by atoms with Crippen LogP contribution in [0.2, 0.25) is 0 Å². The standard InChI is InChI=1S/C33H29N3O5/c1-21-10-12-24(13-11-21)32(38)34-26-16-14-23(15-17-26)30-31(25-18-28(39-3)20-29(19-25)40-4)35-36(33(30)41-22(2)37)27-8-6-5-7-9-27/h5-20H,1-4H3,(H,34,38). The van der Waals surface area contributed by atoms with Crippen LogP contribution < -0.4 is 19.5 Å². The molecule has 5 rings (SSSR count). The van der Waals surface area contributed by atoms with Gasteiger partial charge in [0.25, 0.3) is 5.91 Å². The Balaban J connectivity index is 1.63. The van der Waals surface area contributed by atoms with Crippen molar-refractivity contribution in [2.75, 3.05) is 19.5 Å². The summed E-state index contributed by atoms with van der Waals surface area (Å²) in [5.74, 6) is 0.738. The van der Waals surface area contributed by atoms with Gasteiger partial charge in [0.2, 0.25) is 5.88 Å². The predicted octanol–water partition coefficient (Wildman–Crippen LogP) is 6.71. The molecule has 0 aliphatic rings. The van der Waals surface area contributed by atoms with Gasteiger partial charge in [-0.15, -0.1) is 0 Å². The van der Waals surface area contributed by atoms with Gasteiger partial charge >= 0.3 is 5.97 Å². The molecule has 0 unspecified atom stereocenters. The lowest BCUT2D eigenvalue weighted by Crippen LogP contribution is -2.11. The van der Waals surface area contributed by atoms with Crippen molar-refractivity contribution < 1.29 is 23.8 Å². The highest BCUT2D eigenvalue weighted by molar-refractivity contribution is 6.04. The normalized spacial score (nSPS) is 10.6. The van der Waals surface area contributed by atoms with Gasteiger partial charge in [0, 0.05) is 29.8 Å². The molecule has 1 aromatic heterocycles. The van der Waals surface area contributed by atoms with E-state index in [-0.39, 0.29) is 11.8 Å². The first-order valence-electron chi connectivity index (χ1n) is 12.9. The van der Waals surface area contributed by atoms with Gasteiger partial charge < -0.3 is 19.5 Å². The largest absolute Gasteiger partial charge is 0.497 e. The topological polar surface area (TPSA) is 91.7 Å². The molecule has 0 bridgehead atoms. The number of ether oxygens (including phenoxy) is 3. The Labute approximate surface area is 238 Å². The van der Waals surface area contributed by atoms with Gasteiger partial charge in [0.05, 0.1) is 25.5 Å². The van der Waals surface area contributed by atoms with Gasteiger partial charge in [-0.05, 0) is 61.0 Å². The Hall–Kier alpha value is -5.37. The van der Waals surface area contributed by atoms with E-state index in [2.05, 4.69) is 5.32 Å². The molecule has 4 aromatic carbocycles. The summed E-state index contributed by atoms with van der Waals surface area (Å²) in [6.45, 7) is 3.32. The number of nitrogens with one attached hydrogen (secondary N) is 1. The minimum absolute atomic E-state index is 0.209. The second-order valence-electron chi connectivity index (χ2n) is 9.37. The van der Waals surface area contributed by atoms with E-state index in [9.17, 15) is 9.59 Å². The third-order valence-corrected chi connectivity index (χ3v) is 6.45. The molecule has 0 aliphatic carbocycles. The third-order valence-electron chi connectivity index (χ3n) is 6.45. The zero-order chi connectivity index (χ0) is 28.9. The van der Waals surface area contributed by atoms with Crippen molar-refractivity contribution in [3.05, 3.63) is 108 Å². The van der Waals surface area contributed by atoms with E-state index in [0.29, 0.717) is 45.3 Å². The molecule has 1 heterocycles. The summed E-state index contributed by atoms with van der Waals surface area (Å²) in [5.41, 5.74) is 5.56. The number of esters is 1. The van der Waals surface area contributed by atoms with Gasteiger partial charge in [-0.25, -0.2) is 0 Å². The van der Waals surface area contributed by atoms with Crippen LogP contribution in [0.3, 0.4) is 0 Å². The summed E-state index contributed by atoms with van der Waals surface area (Å²) >= 11 is 0. The summed E-state index contributed by atoms with van der Waals surface area (Å²) < 4.78 is 18.4. The number of anilines is 1. The number of hydrogen-bond acceptors (Lipinski definition) is 6. The number of carbonyl (C=O) groups is 2. The molecule has 41 heavy (non-hydrogen) atoms. The Kier molecular flexibility index (Phi) is 7.83. The van der Waals surface area contributed by atoms with Crippen LogP contribution in [0.5, 0.6) is 17.4 Å². The highest BCUT2D eigenvalue weighted by atomic mass is 16.5. The molecular formula is C33H29N3O5. The molecular weight excluding hydrogens is 518 g/mol. The Morgan fingerprint density at radius 1 is 0.780 bits per heavy atom. The lowest BCUT2D eigenvalue weighted by molar-refractivity contribution is -0.132. The first kappa shape index (κ1) is 27.2. The van der Waals surface area contributed by atoms with E-state index >= 15 is 0 Å². The van der Waals surface area contributed by atoms with Crippen molar-refractivity contribution >= 4 is 17.6 Å². The molecule has 0 saturated heterocycles. The highest BCUT2D eigenvalue weighted by Gasteiger charge is 2.25. The van der Waals surface area contributed by atoms with Gasteiger partial charge in [-0.3, -0.25) is 9.59 Å². The summed E-state index contributed by atoms with van der Waals surface area (Å²) in [7, 11) is 3.16. The van der Waals surface area contributed by atoms with Crippen molar-refractivity contribution in [1.82, 2.24) is 9.78 Å². The van der Waals surface area contributed by atoms with Crippen molar-refractivity contribution in [1.29, 1.82) is 0 Å². The molecule has 8 nitrogen and oxygen atoms in total. The van der Waals surface area contributed by atoms with Gasteiger partial charge in [-0.2, -0.15) is 9.78 Å². The van der Waals surface area contributed by atoms with E-state index in [1.54, 1.807) is 49.2 Å². The van der Waals surface area contributed by atoms with Gasteiger partial charge in [0.15, 0.2) is 0 Å². The minimum Gasteiger partial charge on any atom is -0.497 e. The van der Waals surface area contributed by atoms with E-state index in [4.69, 9.17) is 19.3 Å². The second-order valence-corrected chi connectivity index (χ2v) is 9.37. The number of amides is 1. The number of aromatic nitrogens is 2. The number of aryl methyl sites for hydroxylation is 1. The maximum Gasteiger partial charge on any atom is 0.309 e. The quantitative estimate of drug-likeness (QED) is 0.217. The minimum atomic E-state index is -0.486. The molecule has 0 radical (unpaired) electrons. The average molecular weight is 548 g/mol. The smallest absolute Gasteiger partial charge is 0.309 e. The van der Waals surface area contributed by atoms with Crippen LogP contribution in [0.1, 0.15) is 22.8 Å². The Morgan fingerprint density at radius 3 is 2.00 bits per heavy atom. The lowest BCUT2D eigenvalue weighted by atomic mass is 10.0. The molecule has 1 N–H and O–H groups in total. The van der Waals surface area contributed by atoms with E-state index in [1.165, 1.54) is 6.92 Å². The van der Waals surface area contributed by atoms with Crippen molar-refractivity contribution in [3.63, 3.8) is 0 Å². The number of methoxy groups -OCH3 is 2. The Morgan fingerprint density at radius 2 is 1.41 bits per heavy atom. The van der Waals surface area contributed by atoms with Crippen molar-refractivity contribution in [3.8, 4) is 45.5 Å². The van der Waals surface area contributed by atoms with Crippen LogP contribution in [-0.4, -0.2) is 35.9 Å². The zero-order valence-corrected chi connectivity index (χ0v) is 23.2. The summed E-state index contributed by atoms with van der Waals surface area (Å²) in [6, 6.07) is 29.6. The Bertz CT molecular complexity index is 1670. The SMILES string of the molecule is COc1cc(OC)cc(-c2nn(-c3ccccc3)c(OC(C)=O)c2-c2ccc(NC(=O)c3ccc(C)cc3)cc2)c1. The number of carbonyl (C=O) groups excluding carboxylic acids is 2. The van der Waals surface area contributed by atoms with E-state index in [0.717, 1.165) is 11.1 Å². The van der Waals surface area contributed by atoms with Gasteiger partial charge in [-0.1, -0.05) is 48.0 Å². The maximum absolute atomic E-state index is 12.8. The lowest BCUT2D eigenvalue weighted by Gasteiger charge is -2.11. The highest BCUT2D eigenvalue weighted by Crippen LogP contribution is 2.43. The number of rotatable bonds is 8. The molecule has 5 aromatic rings. The third kappa shape index (κ3) is 5.96. The second kappa shape index (κ2) is 11.8. The number of benzene rings is 4. The number of hydrogen-bond donors (Lipinski definition) is 1. The van der Waals surface area contributed by atoms with Crippen molar-refractivity contribution in [2.24, 2.45) is 0 Å². The van der Waals surface area contributed by atoms with E-state index in [1.807, 2.05) is 73.7 Å². The fourth-order valence-electron chi connectivity index (χ4n) is 4.41. The molecule has 0 saturated carbocycles. The first-order chi connectivity index (χ1) is 19.9. The molecule has 0 aliphatic heterocycles. The summed E-state index contributed by atoms with van der Waals surface area (Å²) in [4.78, 5) is 25.1. The van der Waals surface area contributed by atoms with Crippen LogP contribution in [0.25, 0.3) is 28.1 Å². The molecule has 0 atom stereocenters. The monoisotopic (exact) mass is 547 g/mol. The van der Waals surface area contributed by atoms with Crippen LogP contribution in [0, 0.1) is 6.92 Å². The van der Waals surface area contributed by atoms with E-state index < -0.39 is 5.97 Å². The van der Waals surface area contributed by atoms with Crippen LogP contribution in [0.15, 0.2) is 97.1 Å². The van der Waals surface area contributed by atoms with Gasteiger partial charge in [0.1, 0.15) is 17.2 Å². The number of para-hydroxylation sites is 1. The van der Waals surface area contributed by atoms with Crippen molar-refractivity contribution in [2.45, 2.75) is 13.8 Å². The molecule has 0 spiro atoms. The summed E-state index contributed by atoms with van der Waals surface area (Å²) in [6.07, 6.45) is 0. The molecule has 1 amide bonds. The molecule has 206 valence electrons. The maximum atomic E-state index is 12.8. The van der Waals surface area contributed by atoms with Crippen LogP contribution in [-0.2, 0) is 4.79 Å². The molecule has 8 heteroatoms. The predicted molar refractivity (Wildman–Crippen MR) is 158 cm³/mol. The summed E-state index contributed by atoms with van der Waals surface area (Å²) in [5, 5.41) is 7.84. The average Bonchev–Trinajstić information content (AvgIpc) is 3.36. The number of nitrogens with zero attached hydrogens (tertiary/aromatic N) is 2. The fourth-order valence-corrected chi connectivity index (χ4v) is 4.41. The van der Waals surface area contributed by atoms with Crippen LogP contribution in [0.4, 0.5) is 5.69 Å². The molecule has 0 fully saturated rings. The fraction of sp³-hybridized carbons (Fsp3) is 0.121. The first-order valence-corrected chi connectivity index (χ1v) is 12.9. The van der Waals surface area contributed by atoms with Crippen LogP contribution >= 0.6 is 0 Å². The zero-order valence-electron chi connectivity index (χ0n) is 23.2.